The SMILES string of the molecule is CCCCCCCCCCCCCCC#COP(=O)(OC#CCCCCCCCCCCCCCC)OC#CCCCCCCCCCCCCCC. The highest BCUT2D eigenvalue weighted by atomic mass is 31.2. The fourth-order valence-corrected chi connectivity index (χ4v) is 7.28. The zero-order valence-electron chi connectivity index (χ0n) is 35.7. The van der Waals surface area contributed by atoms with Gasteiger partial charge in [-0.25, -0.2) is 0 Å². The smallest absolute Gasteiger partial charge is 0.331 e. The molecule has 0 aromatic heterocycles. The third-order valence-electron chi connectivity index (χ3n) is 10.2. The Morgan fingerprint density at radius 1 is 0.283 bits per heavy atom. The lowest BCUT2D eigenvalue weighted by Crippen LogP contribution is -1.90. The van der Waals surface area contributed by atoms with Crippen molar-refractivity contribution in [1.82, 2.24) is 0 Å². The van der Waals surface area contributed by atoms with Crippen LogP contribution < -0.4 is 0 Å². The van der Waals surface area contributed by atoms with Crippen molar-refractivity contribution < 1.29 is 18.1 Å². The Labute approximate surface area is 332 Å². The number of phosphoric ester groups is 1. The van der Waals surface area contributed by atoms with Crippen molar-refractivity contribution in [2.75, 3.05) is 0 Å². The van der Waals surface area contributed by atoms with Gasteiger partial charge in [0, 0.05) is 19.3 Å². The lowest BCUT2D eigenvalue weighted by atomic mass is 10.0. The first-order chi connectivity index (χ1) is 26.2. The Morgan fingerprint density at radius 2 is 0.453 bits per heavy atom. The van der Waals surface area contributed by atoms with Crippen LogP contribution in [0.4, 0.5) is 0 Å². The molecular formula is C48H87O4P. The van der Waals surface area contributed by atoms with E-state index in [4.69, 9.17) is 13.6 Å². The van der Waals surface area contributed by atoms with Crippen LogP contribution in [0, 0.1) is 36.1 Å². The van der Waals surface area contributed by atoms with Crippen LogP contribution in [0.1, 0.15) is 271 Å². The van der Waals surface area contributed by atoms with E-state index < -0.39 is 7.82 Å². The molecule has 4 nitrogen and oxygen atoms in total. The molecule has 0 fully saturated rings. The maximum Gasteiger partial charge on any atom is 0.673 e. The molecule has 53 heavy (non-hydrogen) atoms. The van der Waals surface area contributed by atoms with Gasteiger partial charge >= 0.3 is 7.82 Å². The summed E-state index contributed by atoms with van der Waals surface area (Å²) in [6.45, 7) is 6.82. The standard InChI is InChI=1S/C48H87O4P/c1-4-7-10-13-16-19-22-25-28-31-34-37-40-43-46-50-53(49,51-47-44-41-38-35-32-29-26-23-20-17-14-11-8-5-2)52-48-45-42-39-36-33-30-27-24-21-18-15-12-9-6-3/h4-42H2,1-3H3. The molecule has 0 bridgehead atoms. The molecule has 0 radical (unpaired) electrons. The van der Waals surface area contributed by atoms with Gasteiger partial charge < -0.3 is 13.6 Å². The maximum atomic E-state index is 13.2. The average Bonchev–Trinajstić information content (AvgIpc) is 3.16. The summed E-state index contributed by atoms with van der Waals surface area (Å²) in [7, 11) is -4.00. The van der Waals surface area contributed by atoms with Crippen molar-refractivity contribution >= 4 is 7.82 Å². The topological polar surface area (TPSA) is 44.8 Å². The summed E-state index contributed by atoms with van der Waals surface area (Å²) < 4.78 is 29.2. The van der Waals surface area contributed by atoms with Gasteiger partial charge in [-0.3, -0.25) is 0 Å². The molecule has 0 rings (SSSR count). The Balaban J connectivity index is 4.37. The fourth-order valence-electron chi connectivity index (χ4n) is 6.64. The van der Waals surface area contributed by atoms with Crippen LogP contribution in [-0.4, -0.2) is 0 Å². The van der Waals surface area contributed by atoms with E-state index in [9.17, 15) is 4.57 Å². The molecule has 0 atom stereocenters. The summed E-state index contributed by atoms with van der Waals surface area (Å²) in [5, 5.41) is 0. The highest BCUT2D eigenvalue weighted by Crippen LogP contribution is 2.48. The molecule has 0 aliphatic rings. The highest BCUT2D eigenvalue weighted by Gasteiger charge is 2.30. The minimum Gasteiger partial charge on any atom is -0.331 e. The predicted molar refractivity (Wildman–Crippen MR) is 231 cm³/mol. The van der Waals surface area contributed by atoms with Gasteiger partial charge in [0.2, 0.25) is 0 Å². The largest absolute Gasteiger partial charge is 0.673 e. The Morgan fingerprint density at radius 3 is 0.642 bits per heavy atom. The minimum atomic E-state index is -4.00. The summed E-state index contributed by atoms with van der Waals surface area (Å²) in [5.74, 6) is 8.95. The van der Waals surface area contributed by atoms with Crippen LogP contribution in [0.2, 0.25) is 0 Å². The normalized spacial score (nSPS) is 10.8. The molecule has 0 unspecified atom stereocenters. The maximum absolute atomic E-state index is 13.2. The van der Waals surface area contributed by atoms with Crippen LogP contribution in [-0.2, 0) is 18.1 Å². The second-order valence-electron chi connectivity index (χ2n) is 15.5. The zero-order valence-corrected chi connectivity index (χ0v) is 36.6. The quantitative estimate of drug-likeness (QED) is 0.0356. The third kappa shape index (κ3) is 42.9. The Hall–Kier alpha value is -1.69. The first-order valence-corrected chi connectivity index (χ1v) is 24.7. The van der Waals surface area contributed by atoms with Crippen molar-refractivity contribution in [1.29, 1.82) is 0 Å². The lowest BCUT2D eigenvalue weighted by Gasteiger charge is -2.07. The van der Waals surface area contributed by atoms with E-state index in [0.29, 0.717) is 19.3 Å². The van der Waals surface area contributed by atoms with Gasteiger partial charge in [0.1, 0.15) is 18.3 Å². The summed E-state index contributed by atoms with van der Waals surface area (Å²) in [6.07, 6.45) is 56.8. The highest BCUT2D eigenvalue weighted by molar-refractivity contribution is 7.49. The number of unbranched alkanes of at least 4 members (excludes halogenated alkanes) is 36. The van der Waals surface area contributed by atoms with Gasteiger partial charge in [-0.05, 0) is 19.3 Å². The summed E-state index contributed by atoms with van der Waals surface area (Å²) in [4.78, 5) is 0. The molecule has 0 aromatic carbocycles. The fraction of sp³-hybridized carbons (Fsp3) is 0.875. The van der Waals surface area contributed by atoms with Gasteiger partial charge in [0.15, 0.2) is 0 Å². The monoisotopic (exact) mass is 759 g/mol. The minimum absolute atomic E-state index is 0.701. The first-order valence-electron chi connectivity index (χ1n) is 23.3. The Bertz CT molecular complexity index is 851. The van der Waals surface area contributed by atoms with E-state index in [1.54, 1.807) is 0 Å². The molecule has 0 aromatic rings. The van der Waals surface area contributed by atoms with Crippen molar-refractivity contribution in [3.8, 4) is 36.1 Å². The van der Waals surface area contributed by atoms with Gasteiger partial charge in [-0.1, -0.05) is 250 Å². The van der Waals surface area contributed by atoms with Gasteiger partial charge in [-0.15, -0.1) is 0 Å². The lowest BCUT2D eigenvalue weighted by molar-refractivity contribution is 0.258. The van der Waals surface area contributed by atoms with Crippen molar-refractivity contribution in [2.45, 2.75) is 271 Å². The average molecular weight is 759 g/mol. The molecule has 5 heteroatoms. The second-order valence-corrected chi connectivity index (χ2v) is 16.9. The molecule has 0 aliphatic heterocycles. The number of hydrogen-bond acceptors (Lipinski definition) is 4. The van der Waals surface area contributed by atoms with Crippen LogP contribution in [0.5, 0.6) is 0 Å². The van der Waals surface area contributed by atoms with Gasteiger partial charge in [0.25, 0.3) is 0 Å². The van der Waals surface area contributed by atoms with Gasteiger partial charge in [0.05, 0.1) is 0 Å². The number of phosphoric acid groups is 1. The van der Waals surface area contributed by atoms with E-state index in [1.165, 1.54) is 193 Å². The zero-order chi connectivity index (χ0) is 38.4. The van der Waals surface area contributed by atoms with Gasteiger partial charge in [-0.2, -0.15) is 4.57 Å². The van der Waals surface area contributed by atoms with E-state index in [-0.39, 0.29) is 0 Å². The molecule has 0 aliphatic carbocycles. The van der Waals surface area contributed by atoms with Crippen LogP contribution in [0.3, 0.4) is 0 Å². The predicted octanol–water partition coefficient (Wildman–Crippen LogP) is 17.3. The molecule has 0 saturated heterocycles. The summed E-state index contributed by atoms with van der Waals surface area (Å²) in [5.41, 5.74) is 0. The summed E-state index contributed by atoms with van der Waals surface area (Å²) in [6, 6.07) is 0. The third-order valence-corrected chi connectivity index (χ3v) is 11.1. The molecule has 308 valence electrons. The molecule has 0 saturated carbocycles. The molecule has 0 amide bonds. The van der Waals surface area contributed by atoms with Crippen molar-refractivity contribution in [2.24, 2.45) is 0 Å². The van der Waals surface area contributed by atoms with E-state index in [2.05, 4.69) is 56.9 Å². The van der Waals surface area contributed by atoms with Crippen LogP contribution in [0.15, 0.2) is 0 Å². The molecule has 0 heterocycles. The van der Waals surface area contributed by atoms with Crippen LogP contribution in [0.25, 0.3) is 0 Å². The Kier molecular flexibility index (Phi) is 43.3. The van der Waals surface area contributed by atoms with E-state index >= 15 is 0 Å². The van der Waals surface area contributed by atoms with Crippen molar-refractivity contribution in [3.05, 3.63) is 0 Å². The van der Waals surface area contributed by atoms with Crippen molar-refractivity contribution in [3.63, 3.8) is 0 Å². The van der Waals surface area contributed by atoms with Crippen LogP contribution >= 0.6 is 7.82 Å². The summed E-state index contributed by atoms with van der Waals surface area (Å²) >= 11 is 0. The molecular weight excluding hydrogens is 671 g/mol. The molecule has 0 N–H and O–H groups in total. The first kappa shape index (κ1) is 51.3. The molecule has 0 spiro atoms. The van der Waals surface area contributed by atoms with E-state index in [1.807, 2.05) is 0 Å². The van der Waals surface area contributed by atoms with E-state index in [0.717, 1.165) is 38.5 Å². The second kappa shape index (κ2) is 44.7. The number of rotatable bonds is 39. The number of hydrogen-bond donors (Lipinski definition) is 0.